The summed E-state index contributed by atoms with van der Waals surface area (Å²) in [7, 11) is 0. The Kier molecular flexibility index (Phi) is 6.15. The molecule has 1 N–H and O–H groups in total. The van der Waals surface area contributed by atoms with Crippen LogP contribution < -0.4 is 10.2 Å². The summed E-state index contributed by atoms with van der Waals surface area (Å²) < 4.78 is 0. The lowest BCUT2D eigenvalue weighted by molar-refractivity contribution is -0.115. The number of carbonyl (C=O) groups excluding carboxylic acids is 3. The number of thioether (sulfide) groups is 1. The number of benzene rings is 3. The van der Waals surface area contributed by atoms with Crippen LogP contribution in [0.1, 0.15) is 44.3 Å². The van der Waals surface area contributed by atoms with Crippen molar-refractivity contribution in [2.45, 2.75) is 31.8 Å². The molecule has 1 aliphatic heterocycles. The zero-order chi connectivity index (χ0) is 22.8. The molecule has 4 rings (SSSR count). The van der Waals surface area contributed by atoms with Crippen LogP contribution in [0.25, 0.3) is 0 Å². The van der Waals surface area contributed by atoms with Crippen LogP contribution in [0.5, 0.6) is 0 Å². The number of nitrogens with one attached hydrogen (secondary N) is 1. The first-order chi connectivity index (χ1) is 15.4. The van der Waals surface area contributed by atoms with Crippen molar-refractivity contribution in [3.8, 4) is 0 Å². The van der Waals surface area contributed by atoms with Crippen molar-refractivity contribution in [1.82, 2.24) is 0 Å². The van der Waals surface area contributed by atoms with Crippen molar-refractivity contribution in [2.75, 3.05) is 10.2 Å². The quantitative estimate of drug-likeness (QED) is 0.520. The fourth-order valence-electron chi connectivity index (χ4n) is 3.63. The van der Waals surface area contributed by atoms with E-state index in [4.69, 9.17) is 0 Å². The first kappa shape index (κ1) is 21.8. The number of nitrogens with zero attached hydrogens (tertiary/aromatic N) is 1. The minimum absolute atomic E-state index is 0.144. The minimum atomic E-state index is -0.374. The highest BCUT2D eigenvalue weighted by Crippen LogP contribution is 2.33. The molecule has 0 saturated heterocycles. The van der Waals surface area contributed by atoms with Gasteiger partial charge >= 0.3 is 0 Å². The molecule has 0 aliphatic carbocycles. The van der Waals surface area contributed by atoms with Gasteiger partial charge in [0.05, 0.1) is 22.1 Å². The summed E-state index contributed by atoms with van der Waals surface area (Å²) in [4.78, 5) is 39.9. The smallest absolute Gasteiger partial charge is 0.266 e. The molecule has 0 spiro atoms. The van der Waals surface area contributed by atoms with Crippen LogP contribution in [0.2, 0.25) is 0 Å². The van der Waals surface area contributed by atoms with Gasteiger partial charge in [0.1, 0.15) is 0 Å². The van der Waals surface area contributed by atoms with Gasteiger partial charge in [0.15, 0.2) is 0 Å². The van der Waals surface area contributed by atoms with E-state index in [9.17, 15) is 14.4 Å². The van der Waals surface area contributed by atoms with Gasteiger partial charge < -0.3 is 5.32 Å². The number of amides is 3. The fourth-order valence-corrected chi connectivity index (χ4v) is 4.48. The maximum atomic E-state index is 13.1. The van der Waals surface area contributed by atoms with E-state index in [1.54, 1.807) is 36.0 Å². The Morgan fingerprint density at radius 3 is 2.41 bits per heavy atom. The number of hydrogen-bond donors (Lipinski definition) is 1. The van der Waals surface area contributed by atoms with E-state index in [1.165, 1.54) is 4.90 Å². The van der Waals surface area contributed by atoms with Crippen molar-refractivity contribution in [1.29, 1.82) is 0 Å². The Balaban J connectivity index is 1.49. The van der Waals surface area contributed by atoms with Gasteiger partial charge in [-0.3, -0.25) is 14.4 Å². The molecule has 32 heavy (non-hydrogen) atoms. The van der Waals surface area contributed by atoms with E-state index >= 15 is 0 Å². The van der Waals surface area contributed by atoms with E-state index in [-0.39, 0.29) is 23.0 Å². The third-order valence-electron chi connectivity index (χ3n) is 5.68. The maximum absolute atomic E-state index is 13.1. The van der Waals surface area contributed by atoms with Gasteiger partial charge in [0, 0.05) is 11.4 Å². The average Bonchev–Trinajstić information content (AvgIpc) is 3.04. The average molecular weight is 445 g/mol. The summed E-state index contributed by atoms with van der Waals surface area (Å²) in [5.74, 6) is -0.129. The molecule has 3 aromatic rings. The molecule has 1 heterocycles. The highest BCUT2D eigenvalue weighted by Gasteiger charge is 2.37. The van der Waals surface area contributed by atoms with Gasteiger partial charge in [-0.15, -0.1) is 11.8 Å². The summed E-state index contributed by atoms with van der Waals surface area (Å²) in [5, 5.41) is 2.61. The Morgan fingerprint density at radius 2 is 1.66 bits per heavy atom. The molecule has 3 aromatic carbocycles. The molecule has 6 heteroatoms. The Hall–Kier alpha value is -3.38. The summed E-state index contributed by atoms with van der Waals surface area (Å²) in [6.07, 6.45) is 0. The van der Waals surface area contributed by atoms with Gasteiger partial charge in [0.2, 0.25) is 5.91 Å². The monoisotopic (exact) mass is 444 g/mol. The zero-order valence-corrected chi connectivity index (χ0v) is 19.0. The Labute approximate surface area is 191 Å². The maximum Gasteiger partial charge on any atom is 0.266 e. The highest BCUT2D eigenvalue weighted by atomic mass is 32.2. The van der Waals surface area contributed by atoms with Gasteiger partial charge in [-0.1, -0.05) is 42.5 Å². The summed E-state index contributed by atoms with van der Waals surface area (Å²) in [6.45, 7) is 5.70. The van der Waals surface area contributed by atoms with Crippen molar-refractivity contribution in [3.05, 3.63) is 94.5 Å². The summed E-state index contributed by atoms with van der Waals surface area (Å²) in [5.41, 5.74) is 4.80. The second-order valence-electron chi connectivity index (χ2n) is 7.85. The molecule has 5 nitrogen and oxygen atoms in total. The second kappa shape index (κ2) is 9.01. The van der Waals surface area contributed by atoms with Gasteiger partial charge in [-0.05, 0) is 61.7 Å². The van der Waals surface area contributed by atoms with Gasteiger partial charge in [-0.25, -0.2) is 4.90 Å². The largest absolute Gasteiger partial charge is 0.325 e. The van der Waals surface area contributed by atoms with Crippen LogP contribution in [0, 0.1) is 13.8 Å². The number of aryl methyl sites for hydroxylation is 1. The molecule has 3 amide bonds. The SMILES string of the molecule is Cc1cccc(N2C(=O)c3ccc(NC(=O)C(C)SCc4ccccc4)cc3C2=O)c1C. The summed E-state index contributed by atoms with van der Waals surface area (Å²) >= 11 is 1.54. The van der Waals surface area contributed by atoms with Crippen LogP contribution in [-0.4, -0.2) is 23.0 Å². The number of rotatable bonds is 6. The standard InChI is InChI=1S/C26H24N2O3S/c1-16-8-7-11-23(17(16)2)28-25(30)21-13-12-20(14-22(21)26(28)31)27-24(29)18(3)32-15-19-9-5-4-6-10-19/h4-14,18H,15H2,1-3H3,(H,27,29). The predicted molar refractivity (Wildman–Crippen MR) is 129 cm³/mol. The molecule has 0 bridgehead atoms. The topological polar surface area (TPSA) is 66.5 Å². The van der Waals surface area contributed by atoms with Crippen LogP contribution in [0.3, 0.4) is 0 Å². The normalized spacial score (nSPS) is 13.8. The molecule has 1 unspecified atom stereocenters. The fraction of sp³-hybridized carbons (Fsp3) is 0.192. The van der Waals surface area contributed by atoms with Crippen LogP contribution in [0.15, 0.2) is 66.7 Å². The molecular formula is C26H24N2O3S. The van der Waals surface area contributed by atoms with Gasteiger partial charge in [-0.2, -0.15) is 0 Å². The van der Waals surface area contributed by atoms with E-state index in [1.807, 2.05) is 63.2 Å². The number of hydrogen-bond acceptors (Lipinski definition) is 4. The molecule has 162 valence electrons. The Bertz CT molecular complexity index is 1210. The lowest BCUT2D eigenvalue weighted by Gasteiger charge is -2.17. The van der Waals surface area contributed by atoms with Crippen LogP contribution >= 0.6 is 11.8 Å². The molecule has 1 atom stereocenters. The molecular weight excluding hydrogens is 420 g/mol. The number of fused-ring (bicyclic) bond motifs is 1. The lowest BCUT2D eigenvalue weighted by atomic mass is 10.1. The number of imide groups is 1. The van der Waals surface area contributed by atoms with Crippen molar-refractivity contribution >= 4 is 40.9 Å². The third-order valence-corrected chi connectivity index (χ3v) is 6.90. The zero-order valence-electron chi connectivity index (χ0n) is 18.2. The molecule has 0 saturated carbocycles. The minimum Gasteiger partial charge on any atom is -0.325 e. The predicted octanol–water partition coefficient (Wildman–Crippen LogP) is 5.36. The lowest BCUT2D eigenvalue weighted by Crippen LogP contribution is -2.30. The molecule has 0 fully saturated rings. The van der Waals surface area contributed by atoms with Crippen molar-refractivity contribution in [3.63, 3.8) is 0 Å². The van der Waals surface area contributed by atoms with Gasteiger partial charge in [0.25, 0.3) is 11.8 Å². The van der Waals surface area contributed by atoms with Crippen LogP contribution in [0.4, 0.5) is 11.4 Å². The van der Waals surface area contributed by atoms with Crippen molar-refractivity contribution in [2.24, 2.45) is 0 Å². The van der Waals surface area contributed by atoms with E-state index < -0.39 is 0 Å². The van der Waals surface area contributed by atoms with E-state index in [2.05, 4.69) is 5.32 Å². The molecule has 0 radical (unpaired) electrons. The van der Waals surface area contributed by atoms with Crippen molar-refractivity contribution < 1.29 is 14.4 Å². The van der Waals surface area contributed by atoms with E-state index in [0.717, 1.165) is 22.4 Å². The van der Waals surface area contributed by atoms with E-state index in [0.29, 0.717) is 22.5 Å². The second-order valence-corrected chi connectivity index (χ2v) is 9.18. The summed E-state index contributed by atoms with van der Waals surface area (Å²) in [6, 6.07) is 20.4. The highest BCUT2D eigenvalue weighted by molar-refractivity contribution is 7.99. The number of anilines is 2. The number of carbonyl (C=O) groups is 3. The third kappa shape index (κ3) is 4.18. The molecule has 0 aromatic heterocycles. The first-order valence-electron chi connectivity index (χ1n) is 10.4. The van der Waals surface area contributed by atoms with Crippen LogP contribution in [-0.2, 0) is 10.5 Å². The Morgan fingerprint density at radius 1 is 0.938 bits per heavy atom. The molecule has 1 aliphatic rings. The first-order valence-corrected chi connectivity index (χ1v) is 11.5.